The van der Waals surface area contributed by atoms with Crippen LogP contribution in [0.1, 0.15) is 27.2 Å². The summed E-state index contributed by atoms with van der Waals surface area (Å²) in [5.74, 6) is -1.87. The molecular formula is C12H18N2O6. The van der Waals surface area contributed by atoms with Gasteiger partial charge in [0.1, 0.15) is 6.61 Å². The number of carbonyl (C=O) groups is 4. The van der Waals surface area contributed by atoms with Crippen molar-refractivity contribution in [3.8, 4) is 0 Å². The monoisotopic (exact) mass is 286 g/mol. The number of esters is 2. The second-order valence-corrected chi connectivity index (χ2v) is 4.52. The van der Waals surface area contributed by atoms with E-state index in [0.29, 0.717) is 0 Å². The standard InChI is InChI=1S/C12H18N2O6/c1-7(15)14-12(18)5-10(13(14)4)11(20-9(3)17)6-19-8(2)16/h10-11H,5-6H2,1-4H3/t10-,11+/m0/s1. The first kappa shape index (κ1) is 16.1. The minimum absolute atomic E-state index is 0.00922. The number of likely N-dealkylation sites (N-methyl/N-ethyl adjacent to an activating group) is 1. The summed E-state index contributed by atoms with van der Waals surface area (Å²) in [7, 11) is 1.54. The van der Waals surface area contributed by atoms with Gasteiger partial charge in [-0.15, -0.1) is 0 Å². The smallest absolute Gasteiger partial charge is 0.303 e. The van der Waals surface area contributed by atoms with Crippen LogP contribution in [0.2, 0.25) is 0 Å². The highest BCUT2D eigenvalue weighted by molar-refractivity contribution is 5.95. The SMILES string of the molecule is CC(=O)OC[C@@H](OC(C)=O)[C@@H]1CC(=O)N(C(C)=O)N1C. The Hall–Kier alpha value is -1.96. The molecule has 8 heteroatoms. The third kappa shape index (κ3) is 3.77. The number of rotatable bonds is 4. The molecule has 1 saturated heterocycles. The van der Waals surface area contributed by atoms with E-state index in [2.05, 4.69) is 0 Å². The Morgan fingerprint density at radius 1 is 1.25 bits per heavy atom. The maximum absolute atomic E-state index is 11.8. The Labute approximate surface area is 116 Å². The largest absolute Gasteiger partial charge is 0.462 e. The van der Waals surface area contributed by atoms with Crippen molar-refractivity contribution in [2.24, 2.45) is 0 Å². The highest BCUT2D eigenvalue weighted by Crippen LogP contribution is 2.23. The summed E-state index contributed by atoms with van der Waals surface area (Å²) in [6.07, 6.45) is -0.801. The minimum Gasteiger partial charge on any atom is -0.462 e. The number of amides is 2. The second kappa shape index (κ2) is 6.47. The predicted octanol–water partition coefficient (Wildman–Crippen LogP) is -0.525. The van der Waals surface area contributed by atoms with E-state index >= 15 is 0 Å². The van der Waals surface area contributed by atoms with E-state index in [9.17, 15) is 19.2 Å². The summed E-state index contributed by atoms with van der Waals surface area (Å²) >= 11 is 0. The third-order valence-electron chi connectivity index (χ3n) is 2.91. The van der Waals surface area contributed by atoms with Crippen molar-refractivity contribution in [2.45, 2.75) is 39.3 Å². The molecule has 1 aliphatic heterocycles. The summed E-state index contributed by atoms with van der Waals surface area (Å²) in [6, 6.07) is -0.547. The molecular weight excluding hydrogens is 268 g/mol. The van der Waals surface area contributed by atoms with Crippen LogP contribution in [-0.4, -0.2) is 59.6 Å². The van der Waals surface area contributed by atoms with Gasteiger partial charge in [-0.25, -0.2) is 10.0 Å². The fourth-order valence-electron chi connectivity index (χ4n) is 2.13. The van der Waals surface area contributed by atoms with E-state index in [1.165, 1.54) is 25.8 Å². The van der Waals surface area contributed by atoms with Crippen LogP contribution in [0.4, 0.5) is 0 Å². The van der Waals surface area contributed by atoms with Crippen LogP contribution < -0.4 is 0 Å². The van der Waals surface area contributed by atoms with Crippen molar-refractivity contribution in [1.29, 1.82) is 0 Å². The van der Waals surface area contributed by atoms with Crippen molar-refractivity contribution in [3.05, 3.63) is 0 Å². The van der Waals surface area contributed by atoms with Gasteiger partial charge in [0.2, 0.25) is 11.8 Å². The molecule has 8 nitrogen and oxygen atoms in total. The zero-order valence-electron chi connectivity index (χ0n) is 11.9. The maximum atomic E-state index is 11.8. The van der Waals surface area contributed by atoms with Crippen molar-refractivity contribution >= 4 is 23.8 Å². The van der Waals surface area contributed by atoms with Gasteiger partial charge in [0.25, 0.3) is 0 Å². The molecule has 1 rings (SSSR count). The molecule has 2 amide bonds. The van der Waals surface area contributed by atoms with Gasteiger partial charge >= 0.3 is 11.9 Å². The Bertz CT molecular complexity index is 436. The zero-order chi connectivity index (χ0) is 15.4. The van der Waals surface area contributed by atoms with Gasteiger partial charge in [-0.3, -0.25) is 19.2 Å². The second-order valence-electron chi connectivity index (χ2n) is 4.52. The molecule has 0 aromatic carbocycles. The van der Waals surface area contributed by atoms with Crippen LogP contribution in [0.15, 0.2) is 0 Å². The van der Waals surface area contributed by atoms with Crippen LogP contribution in [0.25, 0.3) is 0 Å². The fourth-order valence-corrected chi connectivity index (χ4v) is 2.13. The van der Waals surface area contributed by atoms with Crippen molar-refractivity contribution < 1.29 is 28.7 Å². The quantitative estimate of drug-likeness (QED) is 0.642. The molecule has 0 spiro atoms. The fraction of sp³-hybridized carbons (Fsp3) is 0.667. The van der Waals surface area contributed by atoms with Gasteiger partial charge in [-0.2, -0.15) is 0 Å². The highest BCUT2D eigenvalue weighted by Gasteiger charge is 2.43. The zero-order valence-corrected chi connectivity index (χ0v) is 11.9. The normalized spacial score (nSPS) is 20.7. The van der Waals surface area contributed by atoms with Gasteiger partial charge < -0.3 is 9.47 Å². The Balaban J connectivity index is 2.85. The Kier molecular flexibility index (Phi) is 5.20. The molecule has 0 aromatic heterocycles. The number of imide groups is 1. The average Bonchev–Trinajstić information content (AvgIpc) is 2.59. The lowest BCUT2D eigenvalue weighted by Crippen LogP contribution is -2.48. The first-order chi connectivity index (χ1) is 9.23. The Morgan fingerprint density at radius 2 is 1.85 bits per heavy atom. The third-order valence-corrected chi connectivity index (χ3v) is 2.91. The first-order valence-corrected chi connectivity index (χ1v) is 6.11. The van der Waals surface area contributed by atoms with E-state index in [-0.39, 0.29) is 18.9 Å². The summed E-state index contributed by atoms with van der Waals surface area (Å²) in [5, 5.41) is 2.39. The summed E-state index contributed by atoms with van der Waals surface area (Å²) in [4.78, 5) is 45.1. The number of carbonyl (C=O) groups excluding carboxylic acids is 4. The molecule has 1 heterocycles. The average molecular weight is 286 g/mol. The Morgan fingerprint density at radius 3 is 2.25 bits per heavy atom. The number of hydrazine groups is 1. The van der Waals surface area contributed by atoms with Crippen LogP contribution in [0.5, 0.6) is 0 Å². The lowest BCUT2D eigenvalue weighted by molar-refractivity contribution is -0.165. The first-order valence-electron chi connectivity index (χ1n) is 6.11. The molecule has 0 aliphatic carbocycles. The molecule has 0 unspecified atom stereocenters. The highest BCUT2D eigenvalue weighted by atomic mass is 16.6. The van der Waals surface area contributed by atoms with Crippen LogP contribution in [0, 0.1) is 0 Å². The van der Waals surface area contributed by atoms with Crippen molar-refractivity contribution in [2.75, 3.05) is 13.7 Å². The molecule has 0 saturated carbocycles. The van der Waals surface area contributed by atoms with E-state index in [4.69, 9.17) is 9.47 Å². The lowest BCUT2D eigenvalue weighted by atomic mass is 10.1. The van der Waals surface area contributed by atoms with E-state index in [0.717, 1.165) is 5.01 Å². The minimum atomic E-state index is -0.810. The molecule has 2 atom stereocenters. The number of ether oxygens (including phenoxy) is 2. The molecule has 1 aliphatic rings. The molecule has 20 heavy (non-hydrogen) atoms. The molecule has 112 valence electrons. The topological polar surface area (TPSA) is 93.2 Å². The van der Waals surface area contributed by atoms with Gasteiger partial charge in [0.15, 0.2) is 6.10 Å². The van der Waals surface area contributed by atoms with Crippen molar-refractivity contribution in [3.63, 3.8) is 0 Å². The molecule has 0 bridgehead atoms. The summed E-state index contributed by atoms with van der Waals surface area (Å²) in [5.41, 5.74) is 0. The van der Waals surface area contributed by atoms with Crippen LogP contribution in [0.3, 0.4) is 0 Å². The summed E-state index contributed by atoms with van der Waals surface area (Å²) < 4.78 is 9.92. The number of hydrogen-bond donors (Lipinski definition) is 0. The molecule has 1 fully saturated rings. The van der Waals surface area contributed by atoms with E-state index in [1.54, 1.807) is 7.05 Å². The van der Waals surface area contributed by atoms with Crippen LogP contribution in [-0.2, 0) is 28.7 Å². The van der Waals surface area contributed by atoms with E-state index < -0.39 is 30.0 Å². The van der Waals surface area contributed by atoms with Gasteiger partial charge in [0.05, 0.1) is 6.04 Å². The number of hydrogen-bond acceptors (Lipinski definition) is 7. The van der Waals surface area contributed by atoms with Gasteiger partial charge in [0, 0.05) is 34.2 Å². The van der Waals surface area contributed by atoms with Gasteiger partial charge in [-0.1, -0.05) is 0 Å². The molecule has 0 aromatic rings. The predicted molar refractivity (Wildman–Crippen MR) is 65.9 cm³/mol. The van der Waals surface area contributed by atoms with Crippen LogP contribution >= 0.6 is 0 Å². The lowest BCUT2D eigenvalue weighted by Gasteiger charge is -2.30. The molecule has 0 radical (unpaired) electrons. The van der Waals surface area contributed by atoms with Gasteiger partial charge in [-0.05, 0) is 0 Å². The molecule has 0 N–H and O–H groups in total. The number of nitrogens with zero attached hydrogens (tertiary/aromatic N) is 2. The van der Waals surface area contributed by atoms with Crippen molar-refractivity contribution in [1.82, 2.24) is 10.0 Å². The van der Waals surface area contributed by atoms with E-state index in [1.807, 2.05) is 0 Å². The summed E-state index contributed by atoms with van der Waals surface area (Å²) in [6.45, 7) is 3.56. The maximum Gasteiger partial charge on any atom is 0.303 e.